The van der Waals surface area contributed by atoms with Crippen LogP contribution < -0.4 is 10.1 Å². The highest BCUT2D eigenvalue weighted by molar-refractivity contribution is 8.14. The summed E-state index contributed by atoms with van der Waals surface area (Å²) in [7, 11) is 0. The van der Waals surface area contributed by atoms with Crippen molar-refractivity contribution in [2.24, 2.45) is 4.99 Å². The van der Waals surface area contributed by atoms with E-state index in [1.165, 1.54) is 32.1 Å². The zero-order valence-corrected chi connectivity index (χ0v) is 12.8. The molecule has 0 saturated heterocycles. The molecule has 1 aliphatic heterocycles. The summed E-state index contributed by atoms with van der Waals surface area (Å²) in [5, 5.41) is 4.51. The topological polar surface area (TPSA) is 33.6 Å². The molecule has 3 nitrogen and oxygen atoms in total. The summed E-state index contributed by atoms with van der Waals surface area (Å²) in [6, 6.07) is 8.11. The van der Waals surface area contributed by atoms with Crippen LogP contribution in [0.15, 0.2) is 29.3 Å². The second-order valence-corrected chi connectivity index (χ2v) is 6.54. The first-order chi connectivity index (χ1) is 9.80. The Morgan fingerprint density at radius 1 is 1.30 bits per heavy atom. The van der Waals surface area contributed by atoms with Gasteiger partial charge >= 0.3 is 0 Å². The van der Waals surface area contributed by atoms with Crippen LogP contribution in [0.1, 0.15) is 39.0 Å². The summed E-state index contributed by atoms with van der Waals surface area (Å²) in [5.74, 6) is 2.05. The van der Waals surface area contributed by atoms with Crippen molar-refractivity contribution in [3.05, 3.63) is 24.3 Å². The molecule has 0 unspecified atom stereocenters. The normalized spacial score (nSPS) is 20.8. The number of nitrogens with one attached hydrogen (secondary N) is 1. The molecule has 1 aromatic carbocycles. The lowest BCUT2D eigenvalue weighted by atomic mass is 9.84. The van der Waals surface area contributed by atoms with Crippen LogP contribution in [-0.2, 0) is 0 Å². The number of nitrogens with zero attached hydrogens (tertiary/aromatic N) is 1. The van der Waals surface area contributed by atoms with Gasteiger partial charge in [-0.3, -0.25) is 4.99 Å². The average Bonchev–Trinajstić information content (AvgIpc) is 2.83. The highest BCUT2D eigenvalue weighted by atomic mass is 32.2. The van der Waals surface area contributed by atoms with Gasteiger partial charge in [-0.25, -0.2) is 0 Å². The van der Waals surface area contributed by atoms with Gasteiger partial charge in [-0.15, -0.1) is 0 Å². The number of amidine groups is 1. The predicted octanol–water partition coefficient (Wildman–Crippen LogP) is 4.30. The Balaban J connectivity index is 1.68. The summed E-state index contributed by atoms with van der Waals surface area (Å²) < 4.78 is 5.53. The molecule has 1 saturated carbocycles. The van der Waals surface area contributed by atoms with Gasteiger partial charge in [0.05, 0.1) is 12.1 Å². The summed E-state index contributed by atoms with van der Waals surface area (Å²) >= 11 is 1.86. The van der Waals surface area contributed by atoms with Crippen LogP contribution >= 0.6 is 11.8 Å². The number of rotatable bonds is 3. The molecule has 3 rings (SSSR count). The number of aliphatic imine (C=N–C) groups is 1. The molecule has 20 heavy (non-hydrogen) atoms. The Hall–Kier alpha value is -1.16. The van der Waals surface area contributed by atoms with E-state index in [0.717, 1.165) is 22.4 Å². The Kier molecular flexibility index (Phi) is 4.20. The number of anilines is 1. The predicted molar refractivity (Wildman–Crippen MR) is 86.9 cm³/mol. The molecule has 0 aromatic heterocycles. The number of hydrogen-bond donors (Lipinski definition) is 1. The first kappa shape index (κ1) is 13.8. The van der Waals surface area contributed by atoms with E-state index in [0.29, 0.717) is 6.61 Å². The molecule has 2 aliphatic rings. The van der Waals surface area contributed by atoms with E-state index in [-0.39, 0.29) is 5.54 Å². The van der Waals surface area contributed by atoms with E-state index in [9.17, 15) is 0 Å². The lowest BCUT2D eigenvalue weighted by molar-refractivity contribution is 0.335. The van der Waals surface area contributed by atoms with Gasteiger partial charge in [-0.1, -0.05) is 37.1 Å². The molecule has 1 heterocycles. The van der Waals surface area contributed by atoms with Gasteiger partial charge < -0.3 is 10.1 Å². The molecule has 1 aliphatic carbocycles. The maximum Gasteiger partial charge on any atom is 0.161 e. The largest absolute Gasteiger partial charge is 0.494 e. The maximum absolute atomic E-state index is 5.53. The second-order valence-electron chi connectivity index (χ2n) is 5.58. The quantitative estimate of drug-likeness (QED) is 0.901. The molecule has 4 heteroatoms. The summed E-state index contributed by atoms with van der Waals surface area (Å²) in [6.45, 7) is 2.70. The van der Waals surface area contributed by atoms with Gasteiger partial charge in [0.15, 0.2) is 5.17 Å². The standard InChI is InChI=1S/C16H22N2OS/c1-2-19-14-8-6-7-13(11-14)17-15-18-16(12-20-15)9-4-3-5-10-16/h6-8,11H,2-5,9-10,12H2,1H3,(H,17,18). The van der Waals surface area contributed by atoms with Crippen LogP contribution in [-0.4, -0.2) is 23.1 Å². The molecule has 1 aromatic rings. The number of thioether (sulfide) groups is 1. The van der Waals surface area contributed by atoms with Crippen molar-refractivity contribution in [1.29, 1.82) is 0 Å². The molecular weight excluding hydrogens is 268 g/mol. The minimum Gasteiger partial charge on any atom is -0.494 e. The fourth-order valence-corrected chi connectivity index (χ4v) is 4.17. The smallest absolute Gasteiger partial charge is 0.161 e. The van der Waals surface area contributed by atoms with Crippen LogP contribution in [0, 0.1) is 0 Å². The lowest BCUT2D eigenvalue weighted by Gasteiger charge is -2.29. The van der Waals surface area contributed by atoms with Gasteiger partial charge in [0.2, 0.25) is 0 Å². The summed E-state index contributed by atoms with van der Waals surface area (Å²) in [6.07, 6.45) is 6.55. The van der Waals surface area contributed by atoms with Crippen LogP contribution in [0.3, 0.4) is 0 Å². The van der Waals surface area contributed by atoms with Gasteiger partial charge in [0.1, 0.15) is 5.75 Å². The van der Waals surface area contributed by atoms with Crippen LogP contribution in [0.5, 0.6) is 5.75 Å². The van der Waals surface area contributed by atoms with Crippen molar-refractivity contribution in [2.75, 3.05) is 17.7 Å². The molecule has 0 bridgehead atoms. The Morgan fingerprint density at radius 2 is 2.15 bits per heavy atom. The van der Waals surface area contributed by atoms with Gasteiger partial charge in [-0.05, 0) is 31.9 Å². The fraction of sp³-hybridized carbons (Fsp3) is 0.562. The van der Waals surface area contributed by atoms with Crippen molar-refractivity contribution >= 4 is 22.6 Å². The average molecular weight is 290 g/mol. The second kappa shape index (κ2) is 6.08. The van der Waals surface area contributed by atoms with Crippen molar-refractivity contribution in [2.45, 2.75) is 44.6 Å². The van der Waals surface area contributed by atoms with Crippen LogP contribution in [0.4, 0.5) is 5.69 Å². The zero-order chi connectivity index (χ0) is 13.8. The van der Waals surface area contributed by atoms with E-state index in [1.54, 1.807) is 0 Å². The third-order valence-electron chi connectivity index (χ3n) is 4.00. The highest BCUT2D eigenvalue weighted by Gasteiger charge is 2.36. The number of benzene rings is 1. The third-order valence-corrected chi connectivity index (χ3v) is 5.15. The van der Waals surface area contributed by atoms with E-state index in [4.69, 9.17) is 9.73 Å². The third kappa shape index (κ3) is 3.11. The Labute approximate surface area is 125 Å². The van der Waals surface area contributed by atoms with Gasteiger partial charge in [0, 0.05) is 17.5 Å². The monoisotopic (exact) mass is 290 g/mol. The van der Waals surface area contributed by atoms with E-state index in [2.05, 4.69) is 11.4 Å². The maximum atomic E-state index is 5.53. The lowest BCUT2D eigenvalue weighted by Crippen LogP contribution is -2.29. The van der Waals surface area contributed by atoms with E-state index < -0.39 is 0 Å². The first-order valence-electron chi connectivity index (χ1n) is 7.52. The van der Waals surface area contributed by atoms with Gasteiger partial charge in [0.25, 0.3) is 0 Å². The van der Waals surface area contributed by atoms with Crippen molar-refractivity contribution < 1.29 is 4.74 Å². The van der Waals surface area contributed by atoms with Crippen molar-refractivity contribution in [3.63, 3.8) is 0 Å². The molecule has 1 fully saturated rings. The Bertz CT molecular complexity index is 495. The van der Waals surface area contributed by atoms with Crippen LogP contribution in [0.2, 0.25) is 0 Å². The van der Waals surface area contributed by atoms with Crippen molar-refractivity contribution in [1.82, 2.24) is 0 Å². The van der Waals surface area contributed by atoms with E-state index in [1.807, 2.05) is 36.9 Å². The van der Waals surface area contributed by atoms with Gasteiger partial charge in [-0.2, -0.15) is 0 Å². The molecule has 1 N–H and O–H groups in total. The zero-order valence-electron chi connectivity index (χ0n) is 12.0. The highest BCUT2D eigenvalue weighted by Crippen LogP contribution is 2.40. The number of hydrogen-bond acceptors (Lipinski definition) is 4. The minimum atomic E-state index is 0.225. The summed E-state index contributed by atoms with van der Waals surface area (Å²) in [4.78, 5) is 4.98. The molecule has 108 valence electrons. The molecule has 0 radical (unpaired) electrons. The molecule has 1 spiro atoms. The Morgan fingerprint density at radius 3 is 2.95 bits per heavy atom. The fourth-order valence-electron chi connectivity index (χ4n) is 2.97. The van der Waals surface area contributed by atoms with Crippen LogP contribution in [0.25, 0.3) is 0 Å². The molecular formula is C16H22N2OS. The number of ether oxygens (including phenoxy) is 1. The molecule has 0 amide bonds. The first-order valence-corrected chi connectivity index (χ1v) is 8.51. The van der Waals surface area contributed by atoms with E-state index >= 15 is 0 Å². The van der Waals surface area contributed by atoms with Crippen molar-refractivity contribution in [3.8, 4) is 5.75 Å². The SMILES string of the molecule is CCOc1cccc(NC2=NC3(CCCCC3)CS2)c1. The minimum absolute atomic E-state index is 0.225. The summed E-state index contributed by atoms with van der Waals surface area (Å²) in [5.41, 5.74) is 1.29. The molecule has 0 atom stereocenters.